The predicted octanol–water partition coefficient (Wildman–Crippen LogP) is 5.97. The molecule has 180 valence electrons. The average Bonchev–Trinajstić information content (AvgIpc) is 2.65. The Hall–Kier alpha value is -0.160. The van der Waals surface area contributed by atoms with E-state index in [4.69, 9.17) is 21.9 Å². The zero-order chi connectivity index (χ0) is 22.9. The molecule has 0 fully saturated rings. The lowest BCUT2D eigenvalue weighted by Gasteiger charge is -2.08. The molecule has 0 spiro atoms. The van der Waals surface area contributed by atoms with Gasteiger partial charge < -0.3 is 21.9 Å². The van der Waals surface area contributed by atoms with Crippen molar-refractivity contribution in [1.29, 1.82) is 0 Å². The highest BCUT2D eigenvalue weighted by molar-refractivity contribution is 4.54. The Labute approximate surface area is 185 Å². The van der Waals surface area contributed by atoms with Crippen LogP contribution in [0.5, 0.6) is 0 Å². The SMILES string of the molecule is CC(C)CCCCC(C)CN.CC(C)CCCCN.CC(C)CCCOCCN. The minimum Gasteiger partial charge on any atom is -0.380 e. The first-order valence-corrected chi connectivity index (χ1v) is 12.4. The molecule has 0 radical (unpaired) electrons. The molecule has 0 aliphatic carbocycles. The van der Waals surface area contributed by atoms with E-state index in [-0.39, 0.29) is 0 Å². The second kappa shape index (κ2) is 27.8. The van der Waals surface area contributed by atoms with E-state index in [9.17, 15) is 0 Å². The summed E-state index contributed by atoms with van der Waals surface area (Å²) in [6.45, 7) is 19.7. The van der Waals surface area contributed by atoms with Crippen molar-refractivity contribution in [3.63, 3.8) is 0 Å². The summed E-state index contributed by atoms with van der Waals surface area (Å²) < 4.78 is 5.21. The van der Waals surface area contributed by atoms with Crippen molar-refractivity contribution in [2.24, 2.45) is 40.9 Å². The fourth-order valence-electron chi connectivity index (χ4n) is 2.64. The van der Waals surface area contributed by atoms with E-state index in [1.807, 2.05) is 0 Å². The molecule has 0 bridgehead atoms. The zero-order valence-corrected chi connectivity index (χ0v) is 21.3. The zero-order valence-electron chi connectivity index (χ0n) is 21.3. The average molecular weight is 418 g/mol. The van der Waals surface area contributed by atoms with Crippen LogP contribution < -0.4 is 17.2 Å². The molecular formula is C25H59N3O. The van der Waals surface area contributed by atoms with E-state index in [1.54, 1.807) is 0 Å². The van der Waals surface area contributed by atoms with E-state index in [0.29, 0.717) is 13.2 Å². The van der Waals surface area contributed by atoms with Crippen molar-refractivity contribution in [1.82, 2.24) is 0 Å². The van der Waals surface area contributed by atoms with Crippen LogP contribution in [-0.2, 0) is 4.74 Å². The summed E-state index contributed by atoms with van der Waals surface area (Å²) in [5, 5.41) is 0. The molecule has 0 aromatic rings. The van der Waals surface area contributed by atoms with E-state index < -0.39 is 0 Å². The van der Waals surface area contributed by atoms with E-state index >= 15 is 0 Å². The molecule has 1 unspecified atom stereocenters. The quantitative estimate of drug-likeness (QED) is 0.270. The maximum atomic E-state index is 5.51. The van der Waals surface area contributed by atoms with Gasteiger partial charge in [-0.3, -0.25) is 0 Å². The summed E-state index contributed by atoms with van der Waals surface area (Å²) in [6, 6.07) is 0. The fraction of sp³-hybridized carbons (Fsp3) is 1.00. The molecule has 29 heavy (non-hydrogen) atoms. The molecule has 0 aromatic carbocycles. The highest BCUT2D eigenvalue weighted by Gasteiger charge is 1.99. The maximum Gasteiger partial charge on any atom is 0.0588 e. The summed E-state index contributed by atoms with van der Waals surface area (Å²) in [6.07, 6.45) is 11.7. The topological polar surface area (TPSA) is 87.3 Å². The van der Waals surface area contributed by atoms with Crippen LogP contribution in [0.1, 0.15) is 106 Å². The van der Waals surface area contributed by atoms with Crippen molar-refractivity contribution >= 4 is 0 Å². The Morgan fingerprint density at radius 1 is 0.517 bits per heavy atom. The van der Waals surface area contributed by atoms with Gasteiger partial charge in [-0.2, -0.15) is 0 Å². The summed E-state index contributed by atoms with van der Waals surface area (Å²) >= 11 is 0. The minimum atomic E-state index is 0.641. The summed E-state index contributed by atoms with van der Waals surface area (Å²) in [5.41, 5.74) is 16.1. The first-order chi connectivity index (χ1) is 13.7. The number of hydrogen-bond acceptors (Lipinski definition) is 4. The standard InChI is InChI=1S/C10H23N.C8H19NO.C7H17N/c1-9(2)6-4-5-7-10(3)8-11;1-8(2)4-3-6-10-7-5-9;1-7(2)5-3-4-6-8/h9-10H,4-8,11H2,1-3H3;8H,3-7,9H2,1-2H3;7H,3-6,8H2,1-2H3. The fourth-order valence-corrected chi connectivity index (χ4v) is 2.64. The Morgan fingerprint density at radius 2 is 0.966 bits per heavy atom. The van der Waals surface area contributed by atoms with Crippen LogP contribution in [-0.4, -0.2) is 32.8 Å². The molecule has 4 heteroatoms. The number of unbranched alkanes of at least 4 members (excludes halogenated alkanes) is 2. The minimum absolute atomic E-state index is 0.641. The van der Waals surface area contributed by atoms with Gasteiger partial charge in [0.25, 0.3) is 0 Å². The highest BCUT2D eigenvalue weighted by atomic mass is 16.5. The molecule has 0 aromatic heterocycles. The van der Waals surface area contributed by atoms with Crippen molar-refractivity contribution in [3.8, 4) is 0 Å². The van der Waals surface area contributed by atoms with E-state index in [0.717, 1.165) is 49.8 Å². The summed E-state index contributed by atoms with van der Waals surface area (Å²) in [4.78, 5) is 0. The van der Waals surface area contributed by atoms with Crippen LogP contribution in [0, 0.1) is 23.7 Å². The first kappa shape index (κ1) is 33.5. The van der Waals surface area contributed by atoms with Gasteiger partial charge >= 0.3 is 0 Å². The first-order valence-electron chi connectivity index (χ1n) is 12.4. The molecule has 0 saturated carbocycles. The van der Waals surface area contributed by atoms with E-state index in [1.165, 1.54) is 51.4 Å². The van der Waals surface area contributed by atoms with E-state index in [2.05, 4.69) is 48.5 Å². The Balaban J connectivity index is -0.000000354. The smallest absolute Gasteiger partial charge is 0.0588 e. The van der Waals surface area contributed by atoms with Crippen LogP contribution in [0.4, 0.5) is 0 Å². The molecule has 0 aliphatic heterocycles. The molecule has 0 rings (SSSR count). The van der Waals surface area contributed by atoms with Gasteiger partial charge in [0.2, 0.25) is 0 Å². The third-order valence-corrected chi connectivity index (χ3v) is 4.70. The molecule has 1 atom stereocenters. The number of nitrogens with two attached hydrogens (primary N) is 3. The number of rotatable bonds is 16. The molecule has 0 heterocycles. The largest absolute Gasteiger partial charge is 0.380 e. The van der Waals surface area contributed by atoms with Crippen LogP contribution in [0.2, 0.25) is 0 Å². The lowest BCUT2D eigenvalue weighted by Crippen LogP contribution is -2.10. The molecule has 0 saturated heterocycles. The van der Waals surface area contributed by atoms with Crippen molar-refractivity contribution in [3.05, 3.63) is 0 Å². The molecule has 6 N–H and O–H groups in total. The molecule has 4 nitrogen and oxygen atoms in total. The lowest BCUT2D eigenvalue weighted by atomic mass is 10.0. The number of hydrogen-bond donors (Lipinski definition) is 3. The van der Waals surface area contributed by atoms with Crippen molar-refractivity contribution < 1.29 is 4.74 Å². The molecular weight excluding hydrogens is 358 g/mol. The van der Waals surface area contributed by atoms with Gasteiger partial charge in [-0.25, -0.2) is 0 Å². The van der Waals surface area contributed by atoms with Crippen LogP contribution in [0.3, 0.4) is 0 Å². The van der Waals surface area contributed by atoms with Gasteiger partial charge in [0.1, 0.15) is 0 Å². The van der Waals surface area contributed by atoms with Gasteiger partial charge in [-0.05, 0) is 62.4 Å². The number of ether oxygens (including phenoxy) is 1. The second-order valence-electron chi connectivity index (χ2n) is 9.63. The Kier molecular flexibility index (Phi) is 32.1. The summed E-state index contributed by atoms with van der Waals surface area (Å²) in [5.74, 6) is 3.23. The summed E-state index contributed by atoms with van der Waals surface area (Å²) in [7, 11) is 0. The second-order valence-corrected chi connectivity index (χ2v) is 9.63. The highest BCUT2D eigenvalue weighted by Crippen LogP contribution is 2.11. The third-order valence-electron chi connectivity index (χ3n) is 4.70. The van der Waals surface area contributed by atoms with Crippen molar-refractivity contribution in [2.45, 2.75) is 106 Å². The molecule has 0 amide bonds. The van der Waals surface area contributed by atoms with Crippen LogP contribution in [0.15, 0.2) is 0 Å². The van der Waals surface area contributed by atoms with Crippen LogP contribution in [0.25, 0.3) is 0 Å². The third kappa shape index (κ3) is 42.8. The Bertz CT molecular complexity index is 271. The van der Waals surface area contributed by atoms with Crippen molar-refractivity contribution in [2.75, 3.05) is 32.8 Å². The van der Waals surface area contributed by atoms with Gasteiger partial charge in [0.05, 0.1) is 6.61 Å². The lowest BCUT2D eigenvalue weighted by molar-refractivity contribution is 0.135. The molecule has 0 aliphatic rings. The normalized spacial score (nSPS) is 11.9. The maximum absolute atomic E-state index is 5.51. The van der Waals surface area contributed by atoms with Gasteiger partial charge in [0.15, 0.2) is 0 Å². The predicted molar refractivity (Wildman–Crippen MR) is 133 cm³/mol. The van der Waals surface area contributed by atoms with Gasteiger partial charge in [-0.1, -0.05) is 80.6 Å². The van der Waals surface area contributed by atoms with Gasteiger partial charge in [-0.15, -0.1) is 0 Å². The Morgan fingerprint density at radius 3 is 1.38 bits per heavy atom. The monoisotopic (exact) mass is 417 g/mol. The van der Waals surface area contributed by atoms with Crippen LogP contribution >= 0.6 is 0 Å². The van der Waals surface area contributed by atoms with Gasteiger partial charge in [0, 0.05) is 13.2 Å².